The van der Waals surface area contributed by atoms with Crippen molar-refractivity contribution in [2.24, 2.45) is 0 Å². The number of anilines is 2. The number of halogens is 1. The van der Waals surface area contributed by atoms with Crippen LogP contribution in [0.5, 0.6) is 0 Å². The van der Waals surface area contributed by atoms with Crippen molar-refractivity contribution in [3.8, 4) is 11.3 Å². The van der Waals surface area contributed by atoms with E-state index in [0.717, 1.165) is 16.3 Å². The van der Waals surface area contributed by atoms with Gasteiger partial charge in [-0.3, -0.25) is 0 Å². The van der Waals surface area contributed by atoms with Gasteiger partial charge in [-0.15, -0.1) is 0 Å². The van der Waals surface area contributed by atoms with E-state index < -0.39 is 11.3 Å². The molecule has 0 saturated carbocycles. The summed E-state index contributed by atoms with van der Waals surface area (Å²) in [7, 11) is 0. The molecule has 0 radical (unpaired) electrons. The predicted molar refractivity (Wildman–Crippen MR) is 131 cm³/mol. The Kier molecular flexibility index (Phi) is 4.35. The smallest absolute Gasteiger partial charge is 0.360 e. The number of aromatic nitrogens is 1. The molecule has 0 aliphatic carbocycles. The number of para-hydroxylation sites is 2. The van der Waals surface area contributed by atoms with Crippen LogP contribution in [0.15, 0.2) is 97.3 Å². The van der Waals surface area contributed by atoms with Crippen LogP contribution in [0.4, 0.5) is 11.4 Å². The summed E-state index contributed by atoms with van der Waals surface area (Å²) in [5, 5.41) is 5.96. The Labute approximate surface area is 191 Å². The number of fused-ring (bicyclic) bond motifs is 4. The van der Waals surface area contributed by atoms with Gasteiger partial charge in [0, 0.05) is 26.7 Å². The number of nitrogens with one attached hydrogen (secondary N) is 2. The van der Waals surface area contributed by atoms with Gasteiger partial charge in [-0.05, 0) is 30.3 Å². The van der Waals surface area contributed by atoms with Crippen LogP contribution < -0.4 is 16.6 Å². The number of hydrogen-bond acceptors (Lipinski definition) is 5. The maximum absolute atomic E-state index is 12.8. The Morgan fingerprint density at radius 3 is 2.30 bits per heavy atom. The van der Waals surface area contributed by atoms with E-state index in [1.165, 1.54) is 0 Å². The van der Waals surface area contributed by atoms with Gasteiger partial charge in [0.15, 0.2) is 0 Å². The highest BCUT2D eigenvalue weighted by molar-refractivity contribution is 6.30. The highest BCUT2D eigenvalue weighted by Gasteiger charge is 2.21. The first-order valence-electron chi connectivity index (χ1n) is 10.2. The molecule has 0 bridgehead atoms. The minimum atomic E-state index is -0.516. The zero-order valence-corrected chi connectivity index (χ0v) is 17.8. The molecule has 0 atom stereocenters. The van der Waals surface area contributed by atoms with Crippen LogP contribution in [-0.4, -0.2) is 4.98 Å². The van der Waals surface area contributed by atoms with Crippen LogP contribution >= 0.6 is 11.6 Å². The Morgan fingerprint density at radius 2 is 1.48 bits per heavy atom. The Bertz CT molecular complexity index is 1800. The molecule has 6 aromatic rings. The fraction of sp³-hybridized carbons (Fsp3) is 0. The summed E-state index contributed by atoms with van der Waals surface area (Å²) in [5.74, 6) is 0. The number of benzene rings is 3. The zero-order chi connectivity index (χ0) is 22.5. The summed E-state index contributed by atoms with van der Waals surface area (Å²) in [6.45, 7) is 0. The lowest BCUT2D eigenvalue weighted by Crippen LogP contribution is -2.07. The molecule has 7 heteroatoms. The molecule has 0 amide bonds. The van der Waals surface area contributed by atoms with Crippen LogP contribution in [0.3, 0.4) is 0 Å². The second-order valence-corrected chi connectivity index (χ2v) is 8.06. The van der Waals surface area contributed by atoms with Gasteiger partial charge in [0.25, 0.3) is 0 Å². The average molecular weight is 455 g/mol. The van der Waals surface area contributed by atoms with Crippen molar-refractivity contribution in [1.82, 2.24) is 4.98 Å². The predicted octanol–water partition coefficient (Wildman–Crippen LogP) is 6.44. The molecule has 33 heavy (non-hydrogen) atoms. The number of rotatable bonds is 3. The SMILES string of the molecule is O=c1oc2ccccc2cc1Nc1c(-c2ccc(Cl)cc2)[nH]c2c(=O)oc3ccccc3c12. The molecule has 0 fully saturated rings. The normalized spacial score (nSPS) is 11.4. The third-order valence-electron chi connectivity index (χ3n) is 5.60. The molecule has 3 heterocycles. The summed E-state index contributed by atoms with van der Waals surface area (Å²) in [6, 6.07) is 23.5. The fourth-order valence-electron chi connectivity index (χ4n) is 4.08. The van der Waals surface area contributed by atoms with E-state index in [-0.39, 0.29) is 5.69 Å². The standard InChI is InChI=1S/C26H15ClN2O4/c27-16-11-9-14(10-12-16)22-23(28-18-13-15-5-1-3-7-19(15)32-25(18)30)21-17-6-2-4-8-20(17)33-26(31)24(21)29-22/h1-13,28-29H. The molecular formula is C26H15ClN2O4. The molecule has 6 nitrogen and oxygen atoms in total. The van der Waals surface area contributed by atoms with E-state index >= 15 is 0 Å². The monoisotopic (exact) mass is 454 g/mol. The molecule has 0 spiro atoms. The molecule has 160 valence electrons. The molecule has 0 aliphatic rings. The van der Waals surface area contributed by atoms with E-state index in [2.05, 4.69) is 10.3 Å². The maximum Gasteiger partial charge on any atom is 0.360 e. The van der Waals surface area contributed by atoms with Gasteiger partial charge >= 0.3 is 11.3 Å². The summed E-state index contributed by atoms with van der Waals surface area (Å²) in [5.41, 5.74) is 2.45. The van der Waals surface area contributed by atoms with Gasteiger partial charge < -0.3 is 19.1 Å². The number of aromatic amines is 1. The second-order valence-electron chi connectivity index (χ2n) is 7.63. The summed E-state index contributed by atoms with van der Waals surface area (Å²) in [4.78, 5) is 28.8. The molecule has 0 saturated heterocycles. The third kappa shape index (κ3) is 3.20. The van der Waals surface area contributed by atoms with Gasteiger partial charge in [-0.2, -0.15) is 0 Å². The quantitative estimate of drug-likeness (QED) is 0.300. The molecular weight excluding hydrogens is 440 g/mol. The van der Waals surface area contributed by atoms with Gasteiger partial charge in [0.1, 0.15) is 22.4 Å². The Morgan fingerprint density at radius 1 is 0.788 bits per heavy atom. The highest BCUT2D eigenvalue weighted by Crippen LogP contribution is 2.39. The maximum atomic E-state index is 12.8. The van der Waals surface area contributed by atoms with Crippen LogP contribution in [0, 0.1) is 0 Å². The van der Waals surface area contributed by atoms with Crippen LogP contribution in [0.2, 0.25) is 5.02 Å². The topological polar surface area (TPSA) is 88.2 Å². The van der Waals surface area contributed by atoms with E-state index in [1.54, 1.807) is 36.4 Å². The number of hydrogen-bond donors (Lipinski definition) is 2. The molecule has 3 aromatic heterocycles. The Balaban J connectivity index is 1.68. The first-order chi connectivity index (χ1) is 16.1. The van der Waals surface area contributed by atoms with Crippen LogP contribution in [0.1, 0.15) is 0 Å². The van der Waals surface area contributed by atoms with Gasteiger partial charge in [0.05, 0.1) is 11.4 Å². The van der Waals surface area contributed by atoms with Crippen molar-refractivity contribution < 1.29 is 8.83 Å². The minimum absolute atomic E-state index is 0.252. The van der Waals surface area contributed by atoms with Crippen LogP contribution in [0.25, 0.3) is 44.1 Å². The Hall–Kier alpha value is -4.29. The average Bonchev–Trinajstić information content (AvgIpc) is 3.20. The molecule has 6 rings (SSSR count). The molecule has 2 N–H and O–H groups in total. The molecule has 3 aromatic carbocycles. The van der Waals surface area contributed by atoms with Crippen molar-refractivity contribution in [1.29, 1.82) is 0 Å². The van der Waals surface area contributed by atoms with Gasteiger partial charge in [-0.25, -0.2) is 9.59 Å². The lowest BCUT2D eigenvalue weighted by atomic mass is 10.1. The van der Waals surface area contributed by atoms with Crippen molar-refractivity contribution in [3.63, 3.8) is 0 Å². The lowest BCUT2D eigenvalue weighted by Gasteiger charge is -2.10. The zero-order valence-electron chi connectivity index (χ0n) is 17.0. The minimum Gasteiger partial charge on any atom is -0.421 e. The van der Waals surface area contributed by atoms with Gasteiger partial charge in [0.2, 0.25) is 0 Å². The number of H-pyrrole nitrogens is 1. The first kappa shape index (κ1) is 19.4. The van der Waals surface area contributed by atoms with E-state index in [4.69, 9.17) is 20.4 Å². The van der Waals surface area contributed by atoms with Crippen molar-refractivity contribution in [2.45, 2.75) is 0 Å². The summed E-state index contributed by atoms with van der Waals surface area (Å²) in [6.07, 6.45) is 0. The highest BCUT2D eigenvalue weighted by atomic mass is 35.5. The van der Waals surface area contributed by atoms with Crippen molar-refractivity contribution >= 4 is 55.8 Å². The van der Waals surface area contributed by atoms with Crippen molar-refractivity contribution in [2.75, 3.05) is 5.32 Å². The van der Waals surface area contributed by atoms with Gasteiger partial charge in [-0.1, -0.05) is 60.1 Å². The molecule has 0 aliphatic heterocycles. The molecule has 0 unspecified atom stereocenters. The third-order valence-corrected chi connectivity index (χ3v) is 5.85. The van der Waals surface area contributed by atoms with E-state index in [0.29, 0.717) is 38.5 Å². The van der Waals surface area contributed by atoms with E-state index in [1.807, 2.05) is 42.5 Å². The fourth-order valence-corrected chi connectivity index (χ4v) is 4.20. The lowest BCUT2D eigenvalue weighted by molar-refractivity contribution is 0.564. The van der Waals surface area contributed by atoms with Crippen LogP contribution in [-0.2, 0) is 0 Å². The van der Waals surface area contributed by atoms with Crippen molar-refractivity contribution in [3.05, 3.63) is 105 Å². The van der Waals surface area contributed by atoms with E-state index in [9.17, 15) is 9.59 Å². The second kappa shape index (κ2) is 7.39. The largest absolute Gasteiger partial charge is 0.421 e. The summed E-state index contributed by atoms with van der Waals surface area (Å²) >= 11 is 6.08. The summed E-state index contributed by atoms with van der Waals surface area (Å²) < 4.78 is 11.0. The first-order valence-corrected chi connectivity index (χ1v) is 10.6.